The van der Waals surface area contributed by atoms with E-state index in [0.717, 1.165) is 16.7 Å². The Balaban J connectivity index is 1.59. The van der Waals surface area contributed by atoms with Crippen LogP contribution >= 0.6 is 0 Å². The van der Waals surface area contributed by atoms with Crippen molar-refractivity contribution in [1.82, 2.24) is 4.98 Å². The van der Waals surface area contributed by atoms with Crippen LogP contribution < -0.4 is 10.9 Å². The predicted molar refractivity (Wildman–Crippen MR) is 92.7 cm³/mol. The molecule has 3 aromatic rings. The maximum absolute atomic E-state index is 11.8. The van der Waals surface area contributed by atoms with Crippen molar-refractivity contribution in [3.8, 4) is 11.1 Å². The minimum atomic E-state index is -0.511. The number of nitrogens with one attached hydrogen (secondary N) is 2. The summed E-state index contributed by atoms with van der Waals surface area (Å²) < 4.78 is 5.17. The van der Waals surface area contributed by atoms with Gasteiger partial charge in [0.25, 0.3) is 0 Å². The third-order valence-corrected chi connectivity index (χ3v) is 3.45. The van der Waals surface area contributed by atoms with E-state index in [0.29, 0.717) is 5.69 Å². The van der Waals surface area contributed by atoms with E-state index in [2.05, 4.69) is 10.3 Å². The highest BCUT2D eigenvalue weighted by molar-refractivity contribution is 5.85. The number of H-pyrrole nitrogens is 1. The van der Waals surface area contributed by atoms with E-state index >= 15 is 0 Å². The van der Waals surface area contributed by atoms with Crippen LogP contribution in [-0.4, -0.2) is 11.1 Å². The lowest BCUT2D eigenvalue weighted by atomic mass is 10.1. The summed E-state index contributed by atoms with van der Waals surface area (Å²) in [5.41, 5.74) is 3.11. The number of hydrogen-bond acceptors (Lipinski definition) is 3. The summed E-state index contributed by atoms with van der Waals surface area (Å²) in [4.78, 5) is 25.7. The first kappa shape index (κ1) is 15.6. The first-order valence-electron chi connectivity index (χ1n) is 7.47. The second-order valence-electron chi connectivity index (χ2n) is 5.21. The maximum atomic E-state index is 11.8. The third kappa shape index (κ3) is 4.10. The lowest BCUT2D eigenvalue weighted by Gasteiger charge is -2.08. The van der Waals surface area contributed by atoms with Crippen LogP contribution in [0.2, 0.25) is 0 Å². The van der Waals surface area contributed by atoms with E-state index in [1.165, 1.54) is 6.07 Å². The number of pyridine rings is 1. The van der Waals surface area contributed by atoms with Gasteiger partial charge in [-0.25, -0.2) is 4.79 Å². The largest absolute Gasteiger partial charge is 0.444 e. The molecule has 2 aromatic carbocycles. The highest BCUT2D eigenvalue weighted by Gasteiger charge is 2.04. The van der Waals surface area contributed by atoms with E-state index in [-0.39, 0.29) is 12.2 Å². The van der Waals surface area contributed by atoms with E-state index in [1.54, 1.807) is 18.3 Å². The number of carbonyl (C=O) groups excluding carboxylic acids is 1. The Morgan fingerprint density at radius 2 is 1.71 bits per heavy atom. The zero-order valence-electron chi connectivity index (χ0n) is 12.9. The van der Waals surface area contributed by atoms with Crippen LogP contribution in [0.25, 0.3) is 11.1 Å². The van der Waals surface area contributed by atoms with Gasteiger partial charge >= 0.3 is 6.09 Å². The average molecular weight is 320 g/mol. The third-order valence-electron chi connectivity index (χ3n) is 3.45. The fourth-order valence-corrected chi connectivity index (χ4v) is 2.25. The van der Waals surface area contributed by atoms with Gasteiger partial charge in [-0.2, -0.15) is 0 Å². The van der Waals surface area contributed by atoms with E-state index in [9.17, 15) is 9.59 Å². The molecule has 0 spiro atoms. The molecule has 5 nitrogen and oxygen atoms in total. The molecule has 1 aromatic heterocycles. The predicted octanol–water partition coefficient (Wildman–Crippen LogP) is 3.79. The smallest absolute Gasteiger partial charge is 0.411 e. The lowest BCUT2D eigenvalue weighted by Crippen LogP contribution is -2.13. The van der Waals surface area contributed by atoms with Gasteiger partial charge < -0.3 is 9.72 Å². The Labute approximate surface area is 138 Å². The van der Waals surface area contributed by atoms with Gasteiger partial charge in [-0.1, -0.05) is 42.5 Å². The van der Waals surface area contributed by atoms with Gasteiger partial charge in [-0.3, -0.25) is 10.1 Å². The minimum Gasteiger partial charge on any atom is -0.444 e. The summed E-state index contributed by atoms with van der Waals surface area (Å²) in [7, 11) is 0. The number of hydrogen-bond donors (Lipinski definition) is 2. The summed E-state index contributed by atoms with van der Waals surface area (Å²) >= 11 is 0. The molecule has 0 atom stereocenters. The molecule has 0 aliphatic carbocycles. The number of aromatic amines is 1. The van der Waals surface area contributed by atoms with Gasteiger partial charge in [0.2, 0.25) is 5.56 Å². The summed E-state index contributed by atoms with van der Waals surface area (Å²) in [5, 5.41) is 2.67. The van der Waals surface area contributed by atoms with Gasteiger partial charge in [0.05, 0.1) is 0 Å². The highest BCUT2D eigenvalue weighted by Crippen LogP contribution is 2.19. The maximum Gasteiger partial charge on any atom is 0.411 e. The van der Waals surface area contributed by atoms with E-state index in [1.807, 2.05) is 48.5 Å². The molecule has 0 radical (unpaired) electrons. The molecule has 0 saturated carbocycles. The van der Waals surface area contributed by atoms with Crippen LogP contribution in [0.3, 0.4) is 0 Å². The van der Waals surface area contributed by atoms with E-state index < -0.39 is 6.09 Å². The SMILES string of the molecule is O=C(Nc1ccc(-c2cc[nH]c(=O)c2)cc1)OCc1ccccc1. The monoisotopic (exact) mass is 320 g/mol. The van der Waals surface area contributed by atoms with Gasteiger partial charge in [0.15, 0.2) is 0 Å². The molecule has 0 saturated heterocycles. The van der Waals surface area contributed by atoms with Crippen LogP contribution in [-0.2, 0) is 11.3 Å². The van der Waals surface area contributed by atoms with Crippen LogP contribution in [0.1, 0.15) is 5.56 Å². The van der Waals surface area contributed by atoms with Crippen LogP contribution in [0.4, 0.5) is 10.5 Å². The molecule has 3 rings (SSSR count). The molecule has 24 heavy (non-hydrogen) atoms. The average Bonchev–Trinajstić information content (AvgIpc) is 2.61. The summed E-state index contributed by atoms with van der Waals surface area (Å²) in [6.07, 6.45) is 1.09. The Morgan fingerprint density at radius 3 is 2.42 bits per heavy atom. The Hall–Kier alpha value is -3.34. The van der Waals surface area contributed by atoms with Crippen LogP contribution in [0, 0.1) is 0 Å². The normalized spacial score (nSPS) is 10.2. The summed E-state index contributed by atoms with van der Waals surface area (Å²) in [6, 6.07) is 20.0. The fourth-order valence-electron chi connectivity index (χ4n) is 2.25. The Kier molecular flexibility index (Phi) is 4.72. The number of amides is 1. The molecule has 1 heterocycles. The standard InChI is InChI=1S/C19H16N2O3/c22-18-12-16(10-11-20-18)15-6-8-17(9-7-15)21-19(23)24-13-14-4-2-1-3-5-14/h1-12H,13H2,(H,20,22)(H,21,23). The molecule has 120 valence electrons. The molecule has 1 amide bonds. The molecular weight excluding hydrogens is 304 g/mol. The summed E-state index contributed by atoms with van der Waals surface area (Å²) in [6.45, 7) is 0.220. The molecule has 2 N–H and O–H groups in total. The van der Waals surface area contributed by atoms with Crippen molar-refractivity contribution in [3.05, 3.63) is 88.8 Å². The first-order chi connectivity index (χ1) is 11.7. The number of anilines is 1. The Morgan fingerprint density at radius 1 is 0.958 bits per heavy atom. The van der Waals surface area contributed by atoms with Crippen molar-refractivity contribution < 1.29 is 9.53 Å². The summed E-state index contributed by atoms with van der Waals surface area (Å²) in [5.74, 6) is 0. The lowest BCUT2D eigenvalue weighted by molar-refractivity contribution is 0.155. The first-order valence-corrected chi connectivity index (χ1v) is 7.47. The number of aromatic nitrogens is 1. The molecule has 0 bridgehead atoms. The quantitative estimate of drug-likeness (QED) is 0.768. The van der Waals surface area contributed by atoms with Crippen molar-refractivity contribution >= 4 is 11.8 Å². The number of benzene rings is 2. The van der Waals surface area contributed by atoms with Crippen molar-refractivity contribution in [2.75, 3.05) is 5.32 Å². The van der Waals surface area contributed by atoms with Crippen molar-refractivity contribution in [2.24, 2.45) is 0 Å². The second kappa shape index (κ2) is 7.28. The number of carbonyl (C=O) groups is 1. The Bertz CT molecular complexity index is 871. The minimum absolute atomic E-state index is 0.154. The fraction of sp³-hybridized carbons (Fsp3) is 0.0526. The van der Waals surface area contributed by atoms with Gasteiger partial charge in [-0.15, -0.1) is 0 Å². The second-order valence-corrected chi connectivity index (χ2v) is 5.21. The van der Waals surface area contributed by atoms with Crippen LogP contribution in [0.15, 0.2) is 77.7 Å². The van der Waals surface area contributed by atoms with E-state index in [4.69, 9.17) is 4.74 Å². The van der Waals surface area contributed by atoms with Crippen molar-refractivity contribution in [1.29, 1.82) is 0 Å². The zero-order chi connectivity index (χ0) is 16.8. The van der Waals surface area contributed by atoms with Gasteiger partial charge in [0.1, 0.15) is 6.61 Å². The molecular formula is C19H16N2O3. The van der Waals surface area contributed by atoms with Crippen molar-refractivity contribution in [2.45, 2.75) is 6.61 Å². The molecule has 0 aliphatic heterocycles. The highest BCUT2D eigenvalue weighted by atomic mass is 16.5. The molecule has 0 fully saturated rings. The topological polar surface area (TPSA) is 71.2 Å². The molecule has 0 unspecified atom stereocenters. The van der Waals surface area contributed by atoms with Gasteiger partial charge in [-0.05, 0) is 34.9 Å². The number of ether oxygens (including phenoxy) is 1. The molecule has 5 heteroatoms. The van der Waals surface area contributed by atoms with Crippen LogP contribution in [0.5, 0.6) is 0 Å². The molecule has 0 aliphatic rings. The number of rotatable bonds is 4. The zero-order valence-corrected chi connectivity index (χ0v) is 12.9. The van der Waals surface area contributed by atoms with Crippen molar-refractivity contribution in [3.63, 3.8) is 0 Å². The van der Waals surface area contributed by atoms with Gasteiger partial charge in [0, 0.05) is 18.0 Å².